The lowest BCUT2D eigenvalue weighted by Crippen LogP contribution is -2.15. The molecule has 27 heavy (non-hydrogen) atoms. The number of nitrogens with zero attached hydrogens (tertiary/aromatic N) is 5. The molecule has 1 aromatic carbocycles. The normalized spacial score (nSPS) is 11.9. The van der Waals surface area contributed by atoms with E-state index in [0.29, 0.717) is 24.0 Å². The summed E-state index contributed by atoms with van der Waals surface area (Å²) in [4.78, 5) is 0.216. The average molecular weight is 388 g/mol. The van der Waals surface area contributed by atoms with Crippen molar-refractivity contribution in [1.82, 2.24) is 24.5 Å². The van der Waals surface area contributed by atoms with Crippen molar-refractivity contribution in [3.05, 3.63) is 48.2 Å². The molecule has 0 spiro atoms. The van der Waals surface area contributed by atoms with E-state index in [0.717, 1.165) is 17.7 Å². The Kier molecular flexibility index (Phi) is 5.31. The number of sulfonamides is 1. The number of hydrogen-bond donors (Lipinski definition) is 1. The Labute approximate surface area is 159 Å². The summed E-state index contributed by atoms with van der Waals surface area (Å²) in [5.74, 6) is 0.957. The molecule has 8 nitrogen and oxygen atoms in total. The highest BCUT2D eigenvalue weighted by molar-refractivity contribution is 7.92. The summed E-state index contributed by atoms with van der Waals surface area (Å²) in [6.07, 6.45) is 3.88. The minimum Gasteiger partial charge on any atom is -0.274 e. The summed E-state index contributed by atoms with van der Waals surface area (Å²) in [5.41, 5.74) is 2.26. The summed E-state index contributed by atoms with van der Waals surface area (Å²) < 4.78 is 31.8. The Bertz CT molecular complexity index is 1010. The van der Waals surface area contributed by atoms with Crippen LogP contribution in [0.15, 0.2) is 41.8 Å². The number of rotatable bonds is 7. The summed E-state index contributed by atoms with van der Waals surface area (Å²) >= 11 is 0. The molecule has 2 heterocycles. The van der Waals surface area contributed by atoms with Crippen molar-refractivity contribution < 1.29 is 8.42 Å². The van der Waals surface area contributed by atoms with Gasteiger partial charge in [0, 0.05) is 6.54 Å². The summed E-state index contributed by atoms with van der Waals surface area (Å²) in [5, 5.41) is 12.0. The topological polar surface area (TPSA) is 94.7 Å². The van der Waals surface area contributed by atoms with E-state index in [-0.39, 0.29) is 4.90 Å². The van der Waals surface area contributed by atoms with Gasteiger partial charge in [-0.1, -0.05) is 26.0 Å². The zero-order chi connectivity index (χ0) is 19.6. The van der Waals surface area contributed by atoms with Crippen LogP contribution in [-0.4, -0.2) is 33.0 Å². The molecular weight excluding hydrogens is 364 g/mol. The zero-order valence-corrected chi connectivity index (χ0v) is 16.7. The van der Waals surface area contributed by atoms with Crippen LogP contribution in [0.3, 0.4) is 0 Å². The van der Waals surface area contributed by atoms with Gasteiger partial charge in [-0.05, 0) is 43.9 Å². The molecule has 2 aromatic heterocycles. The van der Waals surface area contributed by atoms with Gasteiger partial charge in [-0.2, -0.15) is 5.10 Å². The largest absolute Gasteiger partial charge is 0.274 e. The Balaban J connectivity index is 1.95. The van der Waals surface area contributed by atoms with Crippen LogP contribution in [0.2, 0.25) is 0 Å². The van der Waals surface area contributed by atoms with Crippen LogP contribution in [0.4, 0.5) is 5.69 Å². The zero-order valence-electron chi connectivity index (χ0n) is 15.9. The first kappa shape index (κ1) is 19.1. The van der Waals surface area contributed by atoms with Crippen LogP contribution in [0.5, 0.6) is 0 Å². The first-order valence-electron chi connectivity index (χ1n) is 8.86. The monoisotopic (exact) mass is 388 g/mol. The molecule has 0 aliphatic rings. The summed E-state index contributed by atoms with van der Waals surface area (Å²) in [6, 6.07) is 6.99. The number of hydrogen-bond acceptors (Lipinski definition) is 5. The smallest absolute Gasteiger partial charge is 0.262 e. The van der Waals surface area contributed by atoms with Gasteiger partial charge in [-0.25, -0.2) is 8.42 Å². The molecule has 0 aliphatic carbocycles. The van der Waals surface area contributed by atoms with Crippen molar-refractivity contribution >= 4 is 15.7 Å². The van der Waals surface area contributed by atoms with E-state index in [1.807, 2.05) is 26.0 Å². The molecule has 0 bridgehead atoms. The van der Waals surface area contributed by atoms with Gasteiger partial charge in [0.2, 0.25) is 0 Å². The van der Waals surface area contributed by atoms with Gasteiger partial charge in [0.15, 0.2) is 5.82 Å². The van der Waals surface area contributed by atoms with Gasteiger partial charge < -0.3 is 0 Å². The predicted molar refractivity (Wildman–Crippen MR) is 103 cm³/mol. The second-order valence-electron chi connectivity index (χ2n) is 6.82. The van der Waals surface area contributed by atoms with Gasteiger partial charge in [-0.3, -0.25) is 14.0 Å². The van der Waals surface area contributed by atoms with Crippen LogP contribution in [-0.2, 0) is 23.0 Å². The third-order valence-corrected chi connectivity index (χ3v) is 5.63. The lowest BCUT2D eigenvalue weighted by Gasteiger charge is -2.11. The van der Waals surface area contributed by atoms with Gasteiger partial charge in [0.25, 0.3) is 10.0 Å². The molecule has 0 fully saturated rings. The van der Waals surface area contributed by atoms with E-state index < -0.39 is 10.0 Å². The standard InChI is InChI=1S/C18H24N6O2S/c1-5-24-14(4)17(18(21-24)23-11-19-20-12-23)22-27(25,26)16-8-6-15(7-9-16)10-13(2)3/h6-9,11-13,22H,5,10H2,1-4H3. The second-order valence-corrected chi connectivity index (χ2v) is 8.50. The lowest BCUT2D eigenvalue weighted by molar-refractivity contribution is 0.601. The van der Waals surface area contributed by atoms with Crippen LogP contribution in [0.25, 0.3) is 5.82 Å². The SMILES string of the molecule is CCn1nc(-n2cnnc2)c(NS(=O)(=O)c2ccc(CC(C)C)cc2)c1C. The number of aryl methyl sites for hydroxylation is 1. The molecular formula is C18H24N6O2S. The minimum atomic E-state index is -3.75. The van der Waals surface area contributed by atoms with Crippen molar-refractivity contribution in [2.24, 2.45) is 5.92 Å². The maximum absolute atomic E-state index is 12.9. The highest BCUT2D eigenvalue weighted by Gasteiger charge is 2.22. The molecule has 0 atom stereocenters. The van der Waals surface area contributed by atoms with Gasteiger partial charge >= 0.3 is 0 Å². The first-order valence-corrected chi connectivity index (χ1v) is 10.3. The lowest BCUT2D eigenvalue weighted by atomic mass is 10.0. The van der Waals surface area contributed by atoms with E-state index in [4.69, 9.17) is 0 Å². The van der Waals surface area contributed by atoms with Gasteiger partial charge in [-0.15, -0.1) is 10.2 Å². The van der Waals surface area contributed by atoms with E-state index in [1.165, 1.54) is 12.7 Å². The third kappa shape index (κ3) is 4.02. The van der Waals surface area contributed by atoms with Crippen molar-refractivity contribution in [3.8, 4) is 5.82 Å². The van der Waals surface area contributed by atoms with E-state index in [2.05, 4.69) is 33.9 Å². The fourth-order valence-corrected chi connectivity index (χ4v) is 4.04. The predicted octanol–water partition coefficient (Wildman–Crippen LogP) is 2.79. The number of benzene rings is 1. The van der Waals surface area contributed by atoms with Crippen LogP contribution >= 0.6 is 0 Å². The van der Waals surface area contributed by atoms with E-state index in [9.17, 15) is 8.42 Å². The molecule has 9 heteroatoms. The third-order valence-electron chi connectivity index (χ3n) is 4.26. The van der Waals surface area contributed by atoms with Crippen LogP contribution < -0.4 is 4.72 Å². The summed E-state index contributed by atoms with van der Waals surface area (Å²) in [6.45, 7) is 8.65. The second kappa shape index (κ2) is 7.51. The van der Waals surface area contributed by atoms with Crippen molar-refractivity contribution in [2.75, 3.05) is 4.72 Å². The van der Waals surface area contributed by atoms with Gasteiger partial charge in [0.1, 0.15) is 18.3 Å². The minimum absolute atomic E-state index is 0.216. The highest BCUT2D eigenvalue weighted by atomic mass is 32.2. The van der Waals surface area contributed by atoms with E-state index >= 15 is 0 Å². The van der Waals surface area contributed by atoms with Gasteiger partial charge in [0.05, 0.1) is 10.6 Å². The highest BCUT2D eigenvalue weighted by Crippen LogP contribution is 2.27. The quantitative estimate of drug-likeness (QED) is 0.671. The number of nitrogens with one attached hydrogen (secondary N) is 1. The fourth-order valence-electron chi connectivity index (χ4n) is 2.92. The maximum atomic E-state index is 12.9. The first-order chi connectivity index (χ1) is 12.8. The molecule has 0 radical (unpaired) electrons. The maximum Gasteiger partial charge on any atom is 0.262 e. The Morgan fingerprint density at radius 2 is 1.74 bits per heavy atom. The molecule has 0 saturated heterocycles. The Morgan fingerprint density at radius 3 is 2.30 bits per heavy atom. The molecule has 1 N–H and O–H groups in total. The Hall–Kier alpha value is -2.68. The Morgan fingerprint density at radius 1 is 1.11 bits per heavy atom. The van der Waals surface area contributed by atoms with Crippen molar-refractivity contribution in [1.29, 1.82) is 0 Å². The summed E-state index contributed by atoms with van der Waals surface area (Å²) in [7, 11) is -3.75. The molecule has 3 rings (SSSR count). The fraction of sp³-hybridized carbons (Fsp3) is 0.389. The van der Waals surface area contributed by atoms with Crippen LogP contribution in [0, 0.1) is 12.8 Å². The van der Waals surface area contributed by atoms with E-state index in [1.54, 1.807) is 21.4 Å². The number of aromatic nitrogens is 5. The molecule has 3 aromatic rings. The number of anilines is 1. The molecule has 0 aliphatic heterocycles. The molecule has 144 valence electrons. The molecule has 0 saturated carbocycles. The average Bonchev–Trinajstić information content (AvgIpc) is 3.24. The van der Waals surface area contributed by atoms with Crippen LogP contribution in [0.1, 0.15) is 32.0 Å². The van der Waals surface area contributed by atoms with Crippen molar-refractivity contribution in [2.45, 2.75) is 45.6 Å². The molecule has 0 amide bonds. The van der Waals surface area contributed by atoms with Crippen molar-refractivity contribution in [3.63, 3.8) is 0 Å². The molecule has 0 unspecified atom stereocenters.